The Labute approximate surface area is 105 Å². The van der Waals surface area contributed by atoms with Crippen LogP contribution >= 0.6 is 0 Å². The SMILES string of the molecule is Nc1cnc(NC2CCOc3ccccc32)nc1. The van der Waals surface area contributed by atoms with E-state index in [1.807, 2.05) is 18.2 Å². The zero-order valence-corrected chi connectivity index (χ0v) is 9.84. The number of nitrogen functional groups attached to an aromatic ring is 1. The molecule has 3 rings (SSSR count). The lowest BCUT2D eigenvalue weighted by Gasteiger charge is -2.26. The third kappa shape index (κ3) is 2.07. The highest BCUT2D eigenvalue weighted by Gasteiger charge is 2.21. The molecule has 92 valence electrons. The molecule has 18 heavy (non-hydrogen) atoms. The van der Waals surface area contributed by atoms with E-state index < -0.39 is 0 Å². The Balaban J connectivity index is 1.84. The van der Waals surface area contributed by atoms with Crippen molar-refractivity contribution in [2.45, 2.75) is 12.5 Å². The molecule has 1 aliphatic heterocycles. The van der Waals surface area contributed by atoms with E-state index in [0.717, 1.165) is 17.7 Å². The van der Waals surface area contributed by atoms with Gasteiger partial charge in [0.2, 0.25) is 5.95 Å². The first-order valence-corrected chi connectivity index (χ1v) is 5.89. The van der Waals surface area contributed by atoms with Crippen molar-refractivity contribution in [3.05, 3.63) is 42.2 Å². The van der Waals surface area contributed by atoms with Gasteiger partial charge in [0.15, 0.2) is 0 Å². The molecule has 1 aromatic heterocycles. The summed E-state index contributed by atoms with van der Waals surface area (Å²) in [4.78, 5) is 8.31. The number of nitrogens with two attached hydrogens (primary N) is 1. The van der Waals surface area contributed by atoms with Gasteiger partial charge in [0.1, 0.15) is 5.75 Å². The first-order chi connectivity index (χ1) is 8.83. The molecule has 1 atom stereocenters. The highest BCUT2D eigenvalue weighted by molar-refractivity contribution is 5.43. The Morgan fingerprint density at radius 2 is 2.00 bits per heavy atom. The van der Waals surface area contributed by atoms with Crippen LogP contribution in [0.15, 0.2) is 36.7 Å². The predicted octanol–water partition coefficient (Wildman–Crippen LogP) is 1.99. The minimum absolute atomic E-state index is 0.179. The van der Waals surface area contributed by atoms with Gasteiger partial charge in [-0.1, -0.05) is 18.2 Å². The first kappa shape index (κ1) is 10.8. The second-order valence-corrected chi connectivity index (χ2v) is 4.21. The summed E-state index contributed by atoms with van der Waals surface area (Å²) in [6, 6.07) is 8.20. The Morgan fingerprint density at radius 3 is 2.83 bits per heavy atom. The molecular formula is C13H14N4O. The molecule has 0 amide bonds. The summed E-state index contributed by atoms with van der Waals surface area (Å²) in [5.74, 6) is 1.52. The largest absolute Gasteiger partial charge is 0.493 e. The molecule has 5 heteroatoms. The summed E-state index contributed by atoms with van der Waals surface area (Å²) < 4.78 is 5.61. The zero-order chi connectivity index (χ0) is 12.4. The molecule has 2 aromatic rings. The van der Waals surface area contributed by atoms with Crippen LogP contribution in [0.4, 0.5) is 11.6 Å². The maximum atomic E-state index is 5.61. The lowest BCUT2D eigenvalue weighted by molar-refractivity contribution is 0.274. The van der Waals surface area contributed by atoms with Gasteiger partial charge in [-0.2, -0.15) is 0 Å². The van der Waals surface area contributed by atoms with Crippen molar-refractivity contribution in [3.8, 4) is 5.75 Å². The molecule has 0 radical (unpaired) electrons. The van der Waals surface area contributed by atoms with Crippen molar-refractivity contribution in [2.75, 3.05) is 17.7 Å². The summed E-state index contributed by atoms with van der Waals surface area (Å²) in [7, 11) is 0. The smallest absolute Gasteiger partial charge is 0.223 e. The fraction of sp³-hybridized carbons (Fsp3) is 0.231. The van der Waals surface area contributed by atoms with Crippen molar-refractivity contribution in [3.63, 3.8) is 0 Å². The van der Waals surface area contributed by atoms with Gasteiger partial charge < -0.3 is 15.8 Å². The molecule has 1 aromatic carbocycles. The monoisotopic (exact) mass is 242 g/mol. The van der Waals surface area contributed by atoms with Crippen molar-refractivity contribution < 1.29 is 4.74 Å². The van der Waals surface area contributed by atoms with Crippen LogP contribution in [-0.2, 0) is 0 Å². The van der Waals surface area contributed by atoms with Gasteiger partial charge in [0, 0.05) is 12.0 Å². The van der Waals surface area contributed by atoms with Crippen LogP contribution in [0.3, 0.4) is 0 Å². The summed E-state index contributed by atoms with van der Waals surface area (Å²) in [6.45, 7) is 0.698. The van der Waals surface area contributed by atoms with Crippen LogP contribution in [-0.4, -0.2) is 16.6 Å². The third-order valence-corrected chi connectivity index (χ3v) is 2.93. The van der Waals surface area contributed by atoms with Gasteiger partial charge in [-0.3, -0.25) is 0 Å². The molecule has 2 heterocycles. The maximum Gasteiger partial charge on any atom is 0.223 e. The molecule has 0 spiro atoms. The lowest BCUT2D eigenvalue weighted by Crippen LogP contribution is -2.21. The van der Waals surface area contributed by atoms with Crippen LogP contribution in [0, 0.1) is 0 Å². The fourth-order valence-corrected chi connectivity index (χ4v) is 2.06. The van der Waals surface area contributed by atoms with Crippen LogP contribution in [0.25, 0.3) is 0 Å². The summed E-state index contributed by atoms with van der Waals surface area (Å²) >= 11 is 0. The number of benzene rings is 1. The van der Waals surface area contributed by atoms with Crippen LogP contribution in [0.1, 0.15) is 18.0 Å². The summed E-state index contributed by atoms with van der Waals surface area (Å²) in [5.41, 5.74) is 7.27. The number of nitrogens with one attached hydrogen (secondary N) is 1. The molecule has 0 saturated heterocycles. The zero-order valence-electron chi connectivity index (χ0n) is 9.84. The topological polar surface area (TPSA) is 73.1 Å². The second kappa shape index (κ2) is 4.52. The van der Waals surface area contributed by atoms with E-state index in [1.165, 1.54) is 0 Å². The van der Waals surface area contributed by atoms with Crippen LogP contribution < -0.4 is 15.8 Å². The molecule has 1 aliphatic rings. The number of rotatable bonds is 2. The summed E-state index contributed by atoms with van der Waals surface area (Å²) in [6.07, 6.45) is 4.09. The molecule has 0 aliphatic carbocycles. The van der Waals surface area contributed by atoms with Crippen molar-refractivity contribution in [2.24, 2.45) is 0 Å². The Kier molecular flexibility index (Phi) is 2.72. The van der Waals surface area contributed by atoms with Gasteiger partial charge >= 0.3 is 0 Å². The number of fused-ring (bicyclic) bond motifs is 1. The van der Waals surface area contributed by atoms with Gasteiger partial charge in [-0.25, -0.2) is 9.97 Å². The second-order valence-electron chi connectivity index (χ2n) is 4.21. The number of nitrogens with zero attached hydrogens (tertiary/aromatic N) is 2. The number of anilines is 2. The number of ether oxygens (including phenoxy) is 1. The van der Waals surface area contributed by atoms with Crippen molar-refractivity contribution >= 4 is 11.6 Å². The van der Waals surface area contributed by atoms with Gasteiger partial charge in [-0.05, 0) is 6.07 Å². The van der Waals surface area contributed by atoms with Gasteiger partial charge in [0.25, 0.3) is 0 Å². The number of hydrogen-bond donors (Lipinski definition) is 2. The Bertz CT molecular complexity index is 541. The van der Waals surface area contributed by atoms with E-state index in [-0.39, 0.29) is 6.04 Å². The molecule has 1 unspecified atom stereocenters. The third-order valence-electron chi connectivity index (χ3n) is 2.93. The van der Waals surface area contributed by atoms with Crippen LogP contribution in [0.2, 0.25) is 0 Å². The standard InChI is InChI=1S/C13H14N4O/c14-9-7-15-13(16-8-9)17-11-5-6-18-12-4-2-1-3-10(11)12/h1-4,7-8,11H,5-6,14H2,(H,15,16,17). The van der Waals surface area contributed by atoms with E-state index in [9.17, 15) is 0 Å². The molecular weight excluding hydrogens is 228 g/mol. The normalized spacial score (nSPS) is 17.7. The number of para-hydroxylation sites is 1. The van der Waals surface area contributed by atoms with E-state index >= 15 is 0 Å². The Hall–Kier alpha value is -2.30. The van der Waals surface area contributed by atoms with Crippen LogP contribution in [0.5, 0.6) is 5.75 Å². The molecule has 0 bridgehead atoms. The van der Waals surface area contributed by atoms with Crippen molar-refractivity contribution in [1.82, 2.24) is 9.97 Å². The fourth-order valence-electron chi connectivity index (χ4n) is 2.06. The Morgan fingerprint density at radius 1 is 1.22 bits per heavy atom. The minimum atomic E-state index is 0.179. The number of aromatic nitrogens is 2. The molecule has 5 nitrogen and oxygen atoms in total. The average Bonchev–Trinajstić information content (AvgIpc) is 2.42. The minimum Gasteiger partial charge on any atom is -0.493 e. The van der Waals surface area contributed by atoms with Crippen molar-refractivity contribution in [1.29, 1.82) is 0 Å². The van der Waals surface area contributed by atoms with Gasteiger partial charge in [0.05, 0.1) is 30.7 Å². The van der Waals surface area contributed by atoms with Gasteiger partial charge in [-0.15, -0.1) is 0 Å². The summed E-state index contributed by atoms with van der Waals surface area (Å²) in [5, 5.41) is 3.31. The van der Waals surface area contributed by atoms with E-state index in [4.69, 9.17) is 10.5 Å². The van der Waals surface area contributed by atoms with E-state index in [0.29, 0.717) is 18.2 Å². The number of hydrogen-bond acceptors (Lipinski definition) is 5. The molecule has 0 saturated carbocycles. The highest BCUT2D eigenvalue weighted by atomic mass is 16.5. The average molecular weight is 242 g/mol. The quantitative estimate of drug-likeness (QED) is 0.842. The first-order valence-electron chi connectivity index (χ1n) is 5.89. The highest BCUT2D eigenvalue weighted by Crippen LogP contribution is 2.33. The maximum absolute atomic E-state index is 5.61. The van der Waals surface area contributed by atoms with E-state index in [2.05, 4.69) is 21.4 Å². The van der Waals surface area contributed by atoms with E-state index in [1.54, 1.807) is 12.4 Å². The molecule has 3 N–H and O–H groups in total. The molecule has 0 fully saturated rings. The predicted molar refractivity (Wildman–Crippen MR) is 69.4 cm³/mol. The lowest BCUT2D eigenvalue weighted by atomic mass is 10.0.